The van der Waals surface area contributed by atoms with E-state index in [0.29, 0.717) is 6.42 Å². The maximum absolute atomic E-state index is 13.2. The largest absolute Gasteiger partial charge is 0.480 e. The van der Waals surface area contributed by atoms with E-state index in [1.165, 1.54) is 11.1 Å². The van der Waals surface area contributed by atoms with Crippen LogP contribution in [0.25, 0.3) is 0 Å². The number of carbonyl (C=O) groups excluding carboxylic acids is 1. The first-order valence-electron chi connectivity index (χ1n) is 7.39. The van der Waals surface area contributed by atoms with Gasteiger partial charge in [0, 0.05) is 19.0 Å². The van der Waals surface area contributed by atoms with Crippen LogP contribution in [0, 0.1) is 5.92 Å². The number of alkyl halides is 3. The monoisotopic (exact) mass is 423 g/mol. The highest BCUT2D eigenvalue weighted by molar-refractivity contribution is 9.10. The predicted octanol–water partition coefficient (Wildman–Crippen LogP) is 2.31. The molecule has 0 radical (unpaired) electrons. The number of amides is 1. The van der Waals surface area contributed by atoms with E-state index in [1.807, 2.05) is 0 Å². The second-order valence-corrected chi connectivity index (χ2v) is 6.76. The third-order valence-electron chi connectivity index (χ3n) is 4.29. The molecular weight excluding hydrogens is 411 g/mol. The molecule has 1 saturated heterocycles. The predicted molar refractivity (Wildman–Crippen MR) is 79.8 cm³/mol. The van der Waals surface area contributed by atoms with Crippen molar-refractivity contribution in [2.45, 2.75) is 31.2 Å². The zero-order valence-electron chi connectivity index (χ0n) is 12.7. The van der Waals surface area contributed by atoms with Gasteiger partial charge in [-0.05, 0) is 28.8 Å². The summed E-state index contributed by atoms with van der Waals surface area (Å²) in [5.41, 5.74) is -2.42. The van der Waals surface area contributed by atoms with Crippen LogP contribution < -0.4 is 0 Å². The van der Waals surface area contributed by atoms with Crippen LogP contribution in [0.2, 0.25) is 0 Å². The first-order valence-corrected chi connectivity index (χ1v) is 8.18. The Hall–Kier alpha value is -1.98. The Morgan fingerprint density at radius 3 is 2.64 bits per heavy atom. The average molecular weight is 424 g/mol. The Labute approximate surface area is 147 Å². The molecule has 0 spiro atoms. The molecule has 3 rings (SSSR count). The van der Waals surface area contributed by atoms with Gasteiger partial charge >= 0.3 is 12.1 Å². The SMILES string of the molecule is O=C(O)Cn1ncc(Br)c1C(=O)N1CCCC(C2(C(F)(F)F)N=N2)C1. The molecule has 1 unspecified atom stereocenters. The third-order valence-corrected chi connectivity index (χ3v) is 4.87. The van der Waals surface area contributed by atoms with Crippen LogP contribution in [-0.2, 0) is 11.3 Å². The molecule has 1 N–H and O–H groups in total. The molecule has 0 saturated carbocycles. The van der Waals surface area contributed by atoms with Crippen molar-refractivity contribution in [1.82, 2.24) is 14.7 Å². The molecule has 2 aliphatic heterocycles. The van der Waals surface area contributed by atoms with Gasteiger partial charge in [0.2, 0.25) is 0 Å². The number of aliphatic carboxylic acids is 1. The highest BCUT2D eigenvalue weighted by atomic mass is 79.9. The number of aromatic nitrogens is 2. The summed E-state index contributed by atoms with van der Waals surface area (Å²) < 4.78 is 40.8. The van der Waals surface area contributed by atoms with Gasteiger partial charge in [-0.25, -0.2) is 4.68 Å². The van der Waals surface area contributed by atoms with Crippen LogP contribution in [0.5, 0.6) is 0 Å². The number of carbonyl (C=O) groups is 2. The van der Waals surface area contributed by atoms with Gasteiger partial charge in [0.25, 0.3) is 11.6 Å². The van der Waals surface area contributed by atoms with Gasteiger partial charge in [0.15, 0.2) is 0 Å². The van der Waals surface area contributed by atoms with Crippen LogP contribution in [-0.4, -0.2) is 56.6 Å². The second kappa shape index (κ2) is 6.07. The van der Waals surface area contributed by atoms with E-state index >= 15 is 0 Å². The molecule has 3 heterocycles. The van der Waals surface area contributed by atoms with E-state index < -0.39 is 36.2 Å². The van der Waals surface area contributed by atoms with Crippen LogP contribution in [0.4, 0.5) is 13.2 Å². The van der Waals surface area contributed by atoms with Gasteiger partial charge in [-0.15, -0.1) is 10.2 Å². The number of nitrogens with zero attached hydrogens (tertiary/aromatic N) is 5. The summed E-state index contributed by atoms with van der Waals surface area (Å²) >= 11 is 3.13. The minimum absolute atomic E-state index is 0.00576. The maximum Gasteiger partial charge on any atom is 0.438 e. The first-order chi connectivity index (χ1) is 11.7. The number of rotatable bonds is 4. The van der Waals surface area contributed by atoms with E-state index in [0.717, 1.165) is 4.68 Å². The Balaban J connectivity index is 1.80. The van der Waals surface area contributed by atoms with Crippen LogP contribution in [0.3, 0.4) is 0 Å². The molecule has 1 amide bonds. The fraction of sp³-hybridized carbons (Fsp3) is 0.615. The average Bonchev–Trinajstić information content (AvgIpc) is 3.27. The van der Waals surface area contributed by atoms with Gasteiger partial charge in [0.1, 0.15) is 12.2 Å². The lowest BCUT2D eigenvalue weighted by Crippen LogP contribution is -2.50. The number of piperidine rings is 1. The van der Waals surface area contributed by atoms with Gasteiger partial charge in [-0.1, -0.05) is 0 Å². The van der Waals surface area contributed by atoms with E-state index in [9.17, 15) is 22.8 Å². The van der Waals surface area contributed by atoms with Crippen LogP contribution in [0.15, 0.2) is 20.9 Å². The molecule has 1 aromatic rings. The number of hydrogen-bond donors (Lipinski definition) is 1. The second-order valence-electron chi connectivity index (χ2n) is 5.91. The lowest BCUT2D eigenvalue weighted by molar-refractivity contribution is -0.180. The van der Waals surface area contributed by atoms with Crippen molar-refractivity contribution in [2.24, 2.45) is 16.1 Å². The molecule has 8 nitrogen and oxygen atoms in total. The van der Waals surface area contributed by atoms with Gasteiger partial charge in [-0.2, -0.15) is 18.3 Å². The number of likely N-dealkylation sites (tertiary alicyclic amines) is 1. The Morgan fingerprint density at radius 2 is 2.08 bits per heavy atom. The van der Waals surface area contributed by atoms with E-state index in [4.69, 9.17) is 5.11 Å². The Bertz CT molecular complexity index is 742. The van der Waals surface area contributed by atoms with Gasteiger partial charge < -0.3 is 10.0 Å². The molecule has 2 aliphatic rings. The molecule has 0 bridgehead atoms. The molecule has 1 aromatic heterocycles. The van der Waals surface area contributed by atoms with E-state index in [2.05, 4.69) is 31.3 Å². The smallest absolute Gasteiger partial charge is 0.438 e. The van der Waals surface area contributed by atoms with Crippen molar-refractivity contribution in [1.29, 1.82) is 0 Å². The number of hydrogen-bond acceptors (Lipinski definition) is 5. The lowest BCUT2D eigenvalue weighted by Gasteiger charge is -2.35. The quantitative estimate of drug-likeness (QED) is 0.802. The van der Waals surface area contributed by atoms with Crippen molar-refractivity contribution < 1.29 is 27.9 Å². The standard InChI is InChI=1S/C13H13BrF3N5O3/c14-8-4-18-22(6-9(23)24)10(8)11(25)21-3-1-2-7(5-21)12(19-20-12)13(15,16)17/h4,7H,1-3,5-6H2,(H,23,24). The maximum atomic E-state index is 13.2. The molecule has 136 valence electrons. The van der Waals surface area contributed by atoms with Crippen LogP contribution >= 0.6 is 15.9 Å². The molecule has 1 atom stereocenters. The molecule has 0 aromatic carbocycles. The summed E-state index contributed by atoms with van der Waals surface area (Å²) in [7, 11) is 0. The van der Waals surface area contributed by atoms with Gasteiger partial charge in [-0.3, -0.25) is 9.59 Å². The summed E-state index contributed by atoms with van der Waals surface area (Å²) in [6, 6.07) is 0. The highest BCUT2D eigenvalue weighted by Gasteiger charge is 2.68. The highest BCUT2D eigenvalue weighted by Crippen LogP contribution is 2.51. The van der Waals surface area contributed by atoms with Crippen molar-refractivity contribution in [3.8, 4) is 0 Å². The molecule has 12 heteroatoms. The summed E-state index contributed by atoms with van der Waals surface area (Å²) in [5, 5.41) is 19.1. The first kappa shape index (κ1) is 17.8. The molecule has 0 aliphatic carbocycles. The van der Waals surface area contributed by atoms with Crippen molar-refractivity contribution in [3.63, 3.8) is 0 Å². The van der Waals surface area contributed by atoms with Crippen molar-refractivity contribution in [3.05, 3.63) is 16.4 Å². The van der Waals surface area contributed by atoms with Gasteiger partial charge in [0.05, 0.1) is 10.7 Å². The van der Waals surface area contributed by atoms with E-state index in [1.54, 1.807) is 0 Å². The molecule has 25 heavy (non-hydrogen) atoms. The third kappa shape index (κ3) is 3.14. The molecule has 1 fully saturated rings. The minimum atomic E-state index is -4.59. The number of halogens is 4. The summed E-state index contributed by atoms with van der Waals surface area (Å²) in [4.78, 5) is 24.9. The Morgan fingerprint density at radius 1 is 1.40 bits per heavy atom. The fourth-order valence-electron chi connectivity index (χ4n) is 3.03. The molecular formula is C13H13BrF3N5O3. The number of carboxylic acids is 1. The lowest BCUT2D eigenvalue weighted by atomic mass is 9.87. The van der Waals surface area contributed by atoms with Crippen LogP contribution in [0.1, 0.15) is 23.3 Å². The van der Waals surface area contributed by atoms with E-state index in [-0.39, 0.29) is 29.7 Å². The summed E-state index contributed by atoms with van der Waals surface area (Å²) in [6.45, 7) is -0.412. The number of carboxylic acid groups (broad SMARTS) is 1. The summed E-state index contributed by atoms with van der Waals surface area (Å²) in [5.74, 6) is -2.71. The summed E-state index contributed by atoms with van der Waals surface area (Å²) in [6.07, 6.45) is -2.68. The van der Waals surface area contributed by atoms with Crippen molar-refractivity contribution in [2.75, 3.05) is 13.1 Å². The topological polar surface area (TPSA) is 100 Å². The van der Waals surface area contributed by atoms with Crippen molar-refractivity contribution >= 4 is 27.8 Å². The zero-order valence-corrected chi connectivity index (χ0v) is 14.3. The fourth-order valence-corrected chi connectivity index (χ4v) is 3.49. The normalized spacial score (nSPS) is 22.1. The Kier molecular flexibility index (Phi) is 4.33. The minimum Gasteiger partial charge on any atom is -0.480 e. The zero-order chi connectivity index (χ0) is 18.4.